The number of hydrogen-bond acceptors (Lipinski definition) is 4. The Morgan fingerprint density at radius 3 is 2.48 bits per heavy atom. The Morgan fingerprint density at radius 1 is 1.04 bits per heavy atom. The predicted octanol–water partition coefficient (Wildman–Crippen LogP) is 4.74. The molecular formula is C19H16ClN3O2. The molecule has 1 heterocycles. The van der Waals surface area contributed by atoms with Crippen molar-refractivity contribution >= 4 is 34.7 Å². The molecule has 0 atom stereocenters. The number of benzene rings is 2. The minimum absolute atomic E-state index is 0.230. The second-order valence-electron chi connectivity index (χ2n) is 5.25. The molecule has 0 aliphatic heterocycles. The van der Waals surface area contributed by atoms with Crippen LogP contribution >= 0.6 is 11.6 Å². The van der Waals surface area contributed by atoms with Crippen LogP contribution in [-0.4, -0.2) is 18.0 Å². The van der Waals surface area contributed by atoms with Crippen LogP contribution in [-0.2, 0) is 0 Å². The molecule has 25 heavy (non-hydrogen) atoms. The molecule has 126 valence electrons. The maximum Gasteiger partial charge on any atom is 0.257 e. The molecule has 0 unspecified atom stereocenters. The van der Waals surface area contributed by atoms with Gasteiger partial charge in [-0.05, 0) is 54.6 Å². The number of nitrogens with one attached hydrogen (secondary N) is 2. The monoisotopic (exact) mass is 353 g/mol. The molecule has 3 aromatic rings. The molecule has 5 nitrogen and oxygen atoms in total. The van der Waals surface area contributed by atoms with E-state index in [4.69, 9.17) is 16.3 Å². The number of hydrogen-bond donors (Lipinski definition) is 2. The Balaban J connectivity index is 1.65. The molecule has 2 N–H and O–H groups in total. The summed E-state index contributed by atoms with van der Waals surface area (Å²) >= 11 is 5.95. The summed E-state index contributed by atoms with van der Waals surface area (Å²) in [5.74, 6) is 1.13. The number of halogens is 1. The summed E-state index contributed by atoms with van der Waals surface area (Å²) in [5.41, 5.74) is 1.98. The van der Waals surface area contributed by atoms with E-state index in [0.29, 0.717) is 22.1 Å². The van der Waals surface area contributed by atoms with Crippen LogP contribution in [0.4, 0.5) is 17.2 Å². The molecule has 6 heteroatoms. The summed E-state index contributed by atoms with van der Waals surface area (Å²) in [5, 5.41) is 6.59. The van der Waals surface area contributed by atoms with Crippen molar-refractivity contribution in [2.75, 3.05) is 17.7 Å². The molecule has 0 fully saturated rings. The largest absolute Gasteiger partial charge is 0.497 e. The second kappa shape index (κ2) is 7.68. The van der Waals surface area contributed by atoms with E-state index in [1.165, 1.54) is 6.20 Å². The van der Waals surface area contributed by atoms with Gasteiger partial charge >= 0.3 is 0 Å². The summed E-state index contributed by atoms with van der Waals surface area (Å²) < 4.78 is 5.09. The fourth-order valence-corrected chi connectivity index (χ4v) is 2.38. The highest BCUT2D eigenvalue weighted by atomic mass is 35.5. The van der Waals surface area contributed by atoms with Crippen molar-refractivity contribution in [2.45, 2.75) is 0 Å². The third kappa shape index (κ3) is 4.49. The van der Waals surface area contributed by atoms with Gasteiger partial charge in [0.25, 0.3) is 5.91 Å². The Hall–Kier alpha value is -3.05. The van der Waals surface area contributed by atoms with Gasteiger partial charge in [0.15, 0.2) is 0 Å². The average Bonchev–Trinajstić information content (AvgIpc) is 2.63. The number of aromatic nitrogens is 1. The second-order valence-corrected chi connectivity index (χ2v) is 5.69. The molecule has 3 rings (SSSR count). The zero-order valence-corrected chi connectivity index (χ0v) is 14.2. The first-order valence-electron chi connectivity index (χ1n) is 7.58. The van der Waals surface area contributed by atoms with Gasteiger partial charge in [-0.25, -0.2) is 4.98 Å². The first-order valence-corrected chi connectivity index (χ1v) is 7.96. The quantitative estimate of drug-likeness (QED) is 0.695. The zero-order chi connectivity index (χ0) is 17.6. The standard InChI is InChI=1S/C19H16ClN3O2/c1-25-17-8-6-15(7-9-17)23-19(24)13-5-10-18(21-12-13)22-16-4-2-3-14(20)11-16/h2-12H,1H3,(H,21,22)(H,23,24). The van der Waals surface area contributed by atoms with Gasteiger partial charge in [0, 0.05) is 22.6 Å². The van der Waals surface area contributed by atoms with Gasteiger partial charge in [0.1, 0.15) is 11.6 Å². The van der Waals surface area contributed by atoms with Crippen molar-refractivity contribution in [2.24, 2.45) is 0 Å². The fraction of sp³-hybridized carbons (Fsp3) is 0.0526. The molecule has 0 aliphatic carbocycles. The van der Waals surface area contributed by atoms with E-state index in [0.717, 1.165) is 11.4 Å². The van der Waals surface area contributed by atoms with E-state index in [-0.39, 0.29) is 5.91 Å². The van der Waals surface area contributed by atoms with Crippen molar-refractivity contribution in [3.63, 3.8) is 0 Å². The van der Waals surface area contributed by atoms with Crippen molar-refractivity contribution in [3.05, 3.63) is 77.4 Å². The number of pyridine rings is 1. The highest BCUT2D eigenvalue weighted by Crippen LogP contribution is 2.19. The minimum Gasteiger partial charge on any atom is -0.497 e. The summed E-state index contributed by atoms with van der Waals surface area (Å²) in [6.45, 7) is 0. The van der Waals surface area contributed by atoms with Crippen LogP contribution in [0.2, 0.25) is 5.02 Å². The first kappa shape index (κ1) is 16.8. The number of anilines is 3. The maximum absolute atomic E-state index is 12.3. The molecule has 0 saturated carbocycles. The molecule has 0 spiro atoms. The van der Waals surface area contributed by atoms with E-state index >= 15 is 0 Å². The first-order chi connectivity index (χ1) is 12.1. The number of amides is 1. The molecule has 0 aliphatic rings. The van der Waals surface area contributed by atoms with Crippen LogP contribution in [0, 0.1) is 0 Å². The molecule has 0 bridgehead atoms. The van der Waals surface area contributed by atoms with E-state index in [1.54, 1.807) is 55.6 Å². The van der Waals surface area contributed by atoms with Crippen LogP contribution < -0.4 is 15.4 Å². The van der Waals surface area contributed by atoms with Gasteiger partial charge in [0.2, 0.25) is 0 Å². The molecular weight excluding hydrogens is 338 g/mol. The predicted molar refractivity (Wildman–Crippen MR) is 99.9 cm³/mol. The molecule has 0 radical (unpaired) electrons. The van der Waals surface area contributed by atoms with Crippen LogP contribution in [0.25, 0.3) is 0 Å². The van der Waals surface area contributed by atoms with Gasteiger partial charge in [0.05, 0.1) is 12.7 Å². The molecule has 0 saturated heterocycles. The number of carbonyl (C=O) groups excluding carboxylic acids is 1. The van der Waals surface area contributed by atoms with Crippen LogP contribution in [0.1, 0.15) is 10.4 Å². The van der Waals surface area contributed by atoms with Crippen molar-refractivity contribution in [1.82, 2.24) is 4.98 Å². The number of nitrogens with zero attached hydrogens (tertiary/aromatic N) is 1. The van der Waals surface area contributed by atoms with E-state index in [1.807, 2.05) is 12.1 Å². The lowest BCUT2D eigenvalue weighted by molar-refractivity contribution is 0.102. The molecule has 1 amide bonds. The molecule has 2 aromatic carbocycles. The Morgan fingerprint density at radius 2 is 1.84 bits per heavy atom. The van der Waals surface area contributed by atoms with Gasteiger partial charge in [-0.1, -0.05) is 17.7 Å². The third-order valence-electron chi connectivity index (χ3n) is 3.47. The van der Waals surface area contributed by atoms with Crippen LogP contribution in [0.5, 0.6) is 5.75 Å². The fourth-order valence-electron chi connectivity index (χ4n) is 2.19. The SMILES string of the molecule is COc1ccc(NC(=O)c2ccc(Nc3cccc(Cl)c3)nc2)cc1. The van der Waals surface area contributed by atoms with Gasteiger partial charge in [-0.2, -0.15) is 0 Å². The lowest BCUT2D eigenvalue weighted by atomic mass is 10.2. The molecule has 1 aromatic heterocycles. The van der Waals surface area contributed by atoms with Gasteiger partial charge in [-0.15, -0.1) is 0 Å². The third-order valence-corrected chi connectivity index (χ3v) is 3.71. The Kier molecular flexibility index (Phi) is 5.16. The lowest BCUT2D eigenvalue weighted by Gasteiger charge is -2.08. The number of carbonyl (C=O) groups is 1. The van der Waals surface area contributed by atoms with E-state index in [2.05, 4.69) is 15.6 Å². The number of ether oxygens (including phenoxy) is 1. The normalized spacial score (nSPS) is 10.2. The van der Waals surface area contributed by atoms with Crippen molar-refractivity contribution in [1.29, 1.82) is 0 Å². The maximum atomic E-state index is 12.3. The van der Waals surface area contributed by atoms with E-state index in [9.17, 15) is 4.79 Å². The van der Waals surface area contributed by atoms with Crippen LogP contribution in [0.3, 0.4) is 0 Å². The Bertz CT molecular complexity index is 865. The number of rotatable bonds is 5. The summed E-state index contributed by atoms with van der Waals surface area (Å²) in [6.07, 6.45) is 1.52. The lowest BCUT2D eigenvalue weighted by Crippen LogP contribution is -2.12. The van der Waals surface area contributed by atoms with Crippen LogP contribution in [0.15, 0.2) is 66.9 Å². The summed E-state index contributed by atoms with van der Waals surface area (Å²) in [6, 6.07) is 17.9. The average molecular weight is 354 g/mol. The zero-order valence-electron chi connectivity index (χ0n) is 13.5. The van der Waals surface area contributed by atoms with Crippen molar-refractivity contribution < 1.29 is 9.53 Å². The minimum atomic E-state index is -0.230. The van der Waals surface area contributed by atoms with Gasteiger partial charge in [-0.3, -0.25) is 4.79 Å². The topological polar surface area (TPSA) is 63.2 Å². The number of methoxy groups -OCH3 is 1. The summed E-state index contributed by atoms with van der Waals surface area (Å²) in [7, 11) is 1.60. The highest BCUT2D eigenvalue weighted by molar-refractivity contribution is 6.30. The summed E-state index contributed by atoms with van der Waals surface area (Å²) in [4.78, 5) is 16.5. The smallest absolute Gasteiger partial charge is 0.257 e. The Labute approximate surface area is 150 Å². The highest BCUT2D eigenvalue weighted by Gasteiger charge is 2.07. The van der Waals surface area contributed by atoms with Crippen molar-refractivity contribution in [3.8, 4) is 5.75 Å². The van der Waals surface area contributed by atoms with Gasteiger partial charge < -0.3 is 15.4 Å². The van der Waals surface area contributed by atoms with E-state index < -0.39 is 0 Å².